The van der Waals surface area contributed by atoms with Crippen LogP contribution >= 0.6 is 0 Å². The summed E-state index contributed by atoms with van der Waals surface area (Å²) in [6.45, 7) is 6.05. The van der Waals surface area contributed by atoms with E-state index < -0.39 is 5.97 Å². The lowest BCUT2D eigenvalue weighted by Gasteiger charge is -2.09. The van der Waals surface area contributed by atoms with Crippen LogP contribution in [0.25, 0.3) is 17.8 Å². The van der Waals surface area contributed by atoms with Crippen molar-refractivity contribution in [2.24, 2.45) is 0 Å². The molecule has 2 aromatic carbocycles. The Hall–Kier alpha value is -3.21. The van der Waals surface area contributed by atoms with Gasteiger partial charge in [0, 0.05) is 5.56 Å². The summed E-state index contributed by atoms with van der Waals surface area (Å²) in [5.41, 5.74) is 3.56. The molecule has 4 nitrogen and oxygen atoms in total. The molecule has 0 N–H and O–H groups in total. The first kappa shape index (κ1) is 19.5. The van der Waals surface area contributed by atoms with E-state index in [4.69, 9.17) is 4.74 Å². The first-order chi connectivity index (χ1) is 13.5. The highest BCUT2D eigenvalue weighted by molar-refractivity contribution is 5.91. The lowest BCUT2D eigenvalue weighted by Crippen LogP contribution is -2.09. The van der Waals surface area contributed by atoms with E-state index in [0.29, 0.717) is 5.69 Å². The third-order valence-electron chi connectivity index (χ3n) is 4.31. The molecule has 0 aliphatic carbocycles. The predicted molar refractivity (Wildman–Crippen MR) is 109 cm³/mol. The van der Waals surface area contributed by atoms with Crippen LogP contribution in [0.5, 0.6) is 0 Å². The van der Waals surface area contributed by atoms with Crippen molar-refractivity contribution in [3.8, 4) is 5.69 Å². The van der Waals surface area contributed by atoms with Crippen LogP contribution in [-0.2, 0) is 4.74 Å². The Morgan fingerprint density at radius 2 is 1.79 bits per heavy atom. The molecule has 0 saturated heterocycles. The Kier molecular flexibility index (Phi) is 6.04. The monoisotopic (exact) mass is 378 g/mol. The maximum Gasteiger partial charge on any atom is 0.359 e. The Bertz CT molecular complexity index is 974. The van der Waals surface area contributed by atoms with Gasteiger partial charge in [0.05, 0.1) is 18.0 Å². The maximum absolute atomic E-state index is 13.4. The third-order valence-corrected chi connectivity index (χ3v) is 4.31. The number of ether oxygens (including phenoxy) is 1. The number of hydrogen-bond acceptors (Lipinski definition) is 3. The summed E-state index contributed by atoms with van der Waals surface area (Å²) in [5, 5.41) is 4.53. The van der Waals surface area contributed by atoms with E-state index in [-0.39, 0.29) is 24.0 Å². The smallest absolute Gasteiger partial charge is 0.359 e. The topological polar surface area (TPSA) is 44.1 Å². The first-order valence-corrected chi connectivity index (χ1v) is 9.30. The number of benzene rings is 2. The molecule has 0 fully saturated rings. The van der Waals surface area contributed by atoms with Crippen LogP contribution < -0.4 is 0 Å². The van der Waals surface area contributed by atoms with Crippen molar-refractivity contribution < 1.29 is 13.9 Å². The van der Waals surface area contributed by atoms with Gasteiger partial charge in [-0.2, -0.15) is 5.10 Å². The normalized spacial score (nSPS) is 11.3. The van der Waals surface area contributed by atoms with Gasteiger partial charge in [0.2, 0.25) is 0 Å². The fourth-order valence-electron chi connectivity index (χ4n) is 3.04. The molecule has 0 aliphatic rings. The minimum atomic E-state index is -0.457. The van der Waals surface area contributed by atoms with Crippen LogP contribution in [0.2, 0.25) is 0 Å². The number of carbonyl (C=O) groups is 1. The van der Waals surface area contributed by atoms with Crippen molar-refractivity contribution in [1.82, 2.24) is 9.78 Å². The van der Waals surface area contributed by atoms with Gasteiger partial charge in [-0.05, 0) is 48.7 Å². The molecule has 1 aromatic heterocycles. The highest BCUT2D eigenvalue weighted by Gasteiger charge is 2.25. The Morgan fingerprint density at radius 3 is 2.39 bits per heavy atom. The SMILES string of the molecule is CCOC(=O)c1nn(-c2ccc(F)cc2)c(/C=C/c2ccccc2)c1C(C)C. The molecule has 28 heavy (non-hydrogen) atoms. The number of hydrogen-bond donors (Lipinski definition) is 0. The fourth-order valence-corrected chi connectivity index (χ4v) is 3.04. The fraction of sp³-hybridized carbons (Fsp3) is 0.217. The van der Waals surface area contributed by atoms with Gasteiger partial charge in [-0.25, -0.2) is 13.9 Å². The van der Waals surface area contributed by atoms with Crippen LogP contribution in [0, 0.1) is 5.82 Å². The summed E-state index contributed by atoms with van der Waals surface area (Å²) in [6.07, 6.45) is 3.90. The van der Waals surface area contributed by atoms with E-state index in [9.17, 15) is 9.18 Å². The summed E-state index contributed by atoms with van der Waals surface area (Å²) < 4.78 is 20.3. The van der Waals surface area contributed by atoms with E-state index in [1.807, 2.05) is 56.3 Å². The van der Waals surface area contributed by atoms with E-state index >= 15 is 0 Å². The average molecular weight is 378 g/mol. The van der Waals surface area contributed by atoms with Gasteiger partial charge in [-0.15, -0.1) is 0 Å². The van der Waals surface area contributed by atoms with Gasteiger partial charge in [0.25, 0.3) is 0 Å². The summed E-state index contributed by atoms with van der Waals surface area (Å²) in [5.74, 6) is -0.738. The molecule has 0 unspecified atom stereocenters. The zero-order valence-corrected chi connectivity index (χ0v) is 16.2. The molecule has 144 valence electrons. The molecule has 0 aliphatic heterocycles. The Balaban J connectivity index is 2.18. The zero-order valence-electron chi connectivity index (χ0n) is 16.2. The average Bonchev–Trinajstić information content (AvgIpc) is 3.08. The second-order valence-electron chi connectivity index (χ2n) is 6.65. The largest absolute Gasteiger partial charge is 0.461 e. The third kappa shape index (κ3) is 4.19. The second-order valence-corrected chi connectivity index (χ2v) is 6.65. The van der Waals surface area contributed by atoms with Gasteiger partial charge in [-0.1, -0.05) is 50.3 Å². The number of carbonyl (C=O) groups excluding carboxylic acids is 1. The maximum atomic E-state index is 13.4. The number of aromatic nitrogens is 2. The minimum absolute atomic E-state index is 0.0454. The zero-order chi connectivity index (χ0) is 20.1. The van der Waals surface area contributed by atoms with Crippen molar-refractivity contribution in [2.75, 3.05) is 6.61 Å². The molecular formula is C23H23FN2O2. The molecule has 0 bridgehead atoms. The van der Waals surface area contributed by atoms with Crippen LogP contribution in [0.3, 0.4) is 0 Å². The minimum Gasteiger partial charge on any atom is -0.461 e. The molecule has 5 heteroatoms. The molecule has 1 heterocycles. The van der Waals surface area contributed by atoms with Crippen molar-refractivity contribution in [2.45, 2.75) is 26.7 Å². The Labute approximate surface area is 164 Å². The summed E-state index contributed by atoms with van der Waals surface area (Å²) >= 11 is 0. The second kappa shape index (κ2) is 8.65. The molecule has 0 saturated carbocycles. The van der Waals surface area contributed by atoms with Gasteiger partial charge in [0.1, 0.15) is 5.82 Å². The summed E-state index contributed by atoms with van der Waals surface area (Å²) in [4.78, 5) is 12.5. The molecule has 0 radical (unpaired) electrons. The molecule has 0 atom stereocenters. The molecule has 0 spiro atoms. The van der Waals surface area contributed by atoms with E-state index in [2.05, 4.69) is 5.10 Å². The van der Waals surface area contributed by atoms with Gasteiger partial charge >= 0.3 is 5.97 Å². The molecule has 3 rings (SSSR count). The lowest BCUT2D eigenvalue weighted by molar-refractivity contribution is 0.0517. The van der Waals surface area contributed by atoms with Crippen LogP contribution in [0.4, 0.5) is 4.39 Å². The van der Waals surface area contributed by atoms with Crippen molar-refractivity contribution >= 4 is 18.1 Å². The Morgan fingerprint density at radius 1 is 1.11 bits per heavy atom. The van der Waals surface area contributed by atoms with Crippen molar-refractivity contribution in [3.05, 3.63) is 82.9 Å². The van der Waals surface area contributed by atoms with Gasteiger partial charge in [-0.3, -0.25) is 0 Å². The first-order valence-electron chi connectivity index (χ1n) is 9.30. The highest BCUT2D eigenvalue weighted by Crippen LogP contribution is 2.28. The van der Waals surface area contributed by atoms with E-state index in [1.165, 1.54) is 12.1 Å². The number of esters is 1. The highest BCUT2D eigenvalue weighted by atomic mass is 19.1. The van der Waals surface area contributed by atoms with Crippen molar-refractivity contribution in [1.29, 1.82) is 0 Å². The molecule has 3 aromatic rings. The number of nitrogens with zero attached hydrogens (tertiary/aromatic N) is 2. The predicted octanol–water partition coefficient (Wildman–Crippen LogP) is 5.48. The molecule has 0 amide bonds. The lowest BCUT2D eigenvalue weighted by atomic mass is 9.99. The van der Waals surface area contributed by atoms with Gasteiger partial charge in [0.15, 0.2) is 5.69 Å². The number of rotatable bonds is 6. The quantitative estimate of drug-likeness (QED) is 0.533. The number of halogens is 1. The van der Waals surface area contributed by atoms with Gasteiger partial charge < -0.3 is 4.74 Å². The van der Waals surface area contributed by atoms with Crippen LogP contribution in [-0.4, -0.2) is 22.4 Å². The standard InChI is InChI=1S/C23H23FN2O2/c1-4-28-23(27)22-21(16(2)3)20(15-10-17-8-6-5-7-9-17)26(25-22)19-13-11-18(24)12-14-19/h5-16H,4H2,1-3H3/b15-10+. The summed E-state index contributed by atoms with van der Waals surface area (Å²) in [7, 11) is 0. The molecular weight excluding hydrogens is 355 g/mol. The van der Waals surface area contributed by atoms with Crippen LogP contribution in [0.1, 0.15) is 54.0 Å². The summed E-state index contributed by atoms with van der Waals surface area (Å²) in [6, 6.07) is 15.9. The van der Waals surface area contributed by atoms with Crippen LogP contribution in [0.15, 0.2) is 54.6 Å². The van der Waals surface area contributed by atoms with Crippen molar-refractivity contribution in [3.63, 3.8) is 0 Å². The van der Waals surface area contributed by atoms with E-state index in [1.54, 1.807) is 23.7 Å². The van der Waals surface area contributed by atoms with E-state index in [0.717, 1.165) is 16.8 Å².